The van der Waals surface area contributed by atoms with Crippen LogP contribution in [0.2, 0.25) is 0 Å². The number of carboxylic acids is 1. The first kappa shape index (κ1) is 29.3. The molecule has 1 aromatic heterocycles. The second-order valence-electron chi connectivity index (χ2n) is 9.74. The Kier molecular flexibility index (Phi) is 9.83. The molecule has 0 unspecified atom stereocenters. The van der Waals surface area contributed by atoms with Crippen molar-refractivity contribution in [1.82, 2.24) is 10.3 Å². The number of anilines is 1. The van der Waals surface area contributed by atoms with Gasteiger partial charge in [-0.2, -0.15) is 0 Å². The number of nitrogens with zero attached hydrogens (tertiary/aromatic N) is 1. The number of aromatic carboxylic acids is 1. The van der Waals surface area contributed by atoms with Crippen LogP contribution in [0, 0.1) is 0 Å². The second-order valence-corrected chi connectivity index (χ2v) is 10.7. The van der Waals surface area contributed by atoms with Crippen molar-refractivity contribution in [2.75, 3.05) is 11.1 Å². The highest BCUT2D eigenvalue weighted by atomic mass is 32.2. The van der Waals surface area contributed by atoms with Gasteiger partial charge >= 0.3 is 12.0 Å². The number of aliphatic hydroxyl groups excluding tert-OH is 1. The molecule has 1 aliphatic heterocycles. The van der Waals surface area contributed by atoms with Crippen LogP contribution in [0.15, 0.2) is 102 Å². The van der Waals surface area contributed by atoms with Crippen molar-refractivity contribution in [3.8, 4) is 0 Å². The highest BCUT2D eigenvalue weighted by molar-refractivity contribution is 7.99. The molecule has 5 rings (SSSR count). The molecule has 0 aliphatic carbocycles. The largest absolute Gasteiger partial charge is 0.478 e. The van der Waals surface area contributed by atoms with Crippen molar-refractivity contribution in [3.63, 3.8) is 0 Å². The third-order valence-electron chi connectivity index (χ3n) is 6.76. The zero-order valence-electron chi connectivity index (χ0n) is 22.7. The maximum atomic E-state index is 12.4. The van der Waals surface area contributed by atoms with Gasteiger partial charge in [0.15, 0.2) is 6.29 Å². The van der Waals surface area contributed by atoms with Crippen LogP contribution in [0.25, 0.3) is 0 Å². The molecular formula is C32H31N3O6S. The molecule has 0 bridgehead atoms. The van der Waals surface area contributed by atoms with E-state index in [2.05, 4.69) is 15.6 Å². The minimum absolute atomic E-state index is 0.0442. The Morgan fingerprint density at radius 3 is 2.33 bits per heavy atom. The summed E-state index contributed by atoms with van der Waals surface area (Å²) in [6.07, 6.45) is 0.896. The van der Waals surface area contributed by atoms with E-state index in [1.54, 1.807) is 24.4 Å². The highest BCUT2D eigenvalue weighted by Gasteiger charge is 2.32. The number of carbonyl (C=O) groups is 2. The van der Waals surface area contributed by atoms with E-state index in [-0.39, 0.29) is 30.4 Å². The van der Waals surface area contributed by atoms with E-state index in [1.807, 2.05) is 66.7 Å². The number of ether oxygens (including phenoxy) is 2. The zero-order valence-corrected chi connectivity index (χ0v) is 23.5. The van der Waals surface area contributed by atoms with Crippen molar-refractivity contribution >= 4 is 29.4 Å². The minimum Gasteiger partial charge on any atom is -0.478 e. The van der Waals surface area contributed by atoms with E-state index in [0.29, 0.717) is 29.4 Å². The molecule has 1 aliphatic rings. The van der Waals surface area contributed by atoms with Gasteiger partial charge in [0, 0.05) is 36.2 Å². The summed E-state index contributed by atoms with van der Waals surface area (Å²) < 4.78 is 12.7. The van der Waals surface area contributed by atoms with Crippen molar-refractivity contribution in [1.29, 1.82) is 0 Å². The maximum Gasteiger partial charge on any atom is 0.338 e. The predicted molar refractivity (Wildman–Crippen MR) is 159 cm³/mol. The predicted octanol–water partition coefficient (Wildman–Crippen LogP) is 5.93. The molecular weight excluding hydrogens is 554 g/mol. The number of hydrogen-bond donors (Lipinski definition) is 4. The summed E-state index contributed by atoms with van der Waals surface area (Å²) in [5.74, 6) is -0.551. The molecule has 0 saturated carbocycles. The monoisotopic (exact) mass is 585 g/mol. The highest BCUT2D eigenvalue weighted by Crippen LogP contribution is 2.39. The maximum absolute atomic E-state index is 12.4. The molecule has 42 heavy (non-hydrogen) atoms. The molecule has 4 N–H and O–H groups in total. The van der Waals surface area contributed by atoms with Gasteiger partial charge < -0.3 is 30.3 Å². The Bertz CT molecular complexity index is 1480. The Labute approximate surface area is 247 Å². The molecule has 3 atom stereocenters. The molecule has 216 valence electrons. The van der Waals surface area contributed by atoms with Crippen molar-refractivity contribution < 1.29 is 29.3 Å². The number of pyridine rings is 1. The number of carbonyl (C=O) groups excluding carboxylic acids is 1. The van der Waals surface area contributed by atoms with Crippen LogP contribution >= 0.6 is 11.8 Å². The number of aliphatic hydroxyl groups is 1. The van der Waals surface area contributed by atoms with E-state index in [4.69, 9.17) is 9.47 Å². The number of rotatable bonds is 10. The summed E-state index contributed by atoms with van der Waals surface area (Å²) >= 11 is 1.33. The van der Waals surface area contributed by atoms with Crippen LogP contribution in [0.1, 0.15) is 51.4 Å². The first-order chi connectivity index (χ1) is 20.5. The summed E-state index contributed by atoms with van der Waals surface area (Å²) in [7, 11) is 0. The number of benzene rings is 3. The summed E-state index contributed by atoms with van der Waals surface area (Å²) in [5, 5.41) is 25.1. The van der Waals surface area contributed by atoms with Crippen LogP contribution in [0.3, 0.4) is 0 Å². The molecule has 1 fully saturated rings. The number of urea groups is 1. The first-order valence-corrected chi connectivity index (χ1v) is 14.5. The quantitative estimate of drug-likeness (QED) is 0.169. The zero-order chi connectivity index (χ0) is 29.3. The van der Waals surface area contributed by atoms with Crippen LogP contribution in [-0.2, 0) is 22.6 Å². The topological polar surface area (TPSA) is 130 Å². The van der Waals surface area contributed by atoms with Crippen LogP contribution in [0.5, 0.6) is 0 Å². The van der Waals surface area contributed by atoms with Crippen molar-refractivity contribution in [2.45, 2.75) is 43.1 Å². The summed E-state index contributed by atoms with van der Waals surface area (Å²) in [6, 6.07) is 27.4. The average Bonchev–Trinajstić information content (AvgIpc) is 3.03. The molecule has 2 heterocycles. The number of amides is 2. The fourth-order valence-electron chi connectivity index (χ4n) is 4.54. The number of aromatic nitrogens is 1. The van der Waals surface area contributed by atoms with E-state index < -0.39 is 12.3 Å². The van der Waals surface area contributed by atoms with Crippen LogP contribution in [0.4, 0.5) is 10.5 Å². The van der Waals surface area contributed by atoms with Gasteiger partial charge in [-0.25, -0.2) is 14.6 Å². The lowest BCUT2D eigenvalue weighted by Gasteiger charge is -2.36. The fourth-order valence-corrected chi connectivity index (χ4v) is 5.54. The Morgan fingerprint density at radius 2 is 1.62 bits per heavy atom. The SMILES string of the molecule is O=C(NCc1ccccc1)Nc1ccc([C@@H]2O[C@H](CSc3ncccc3C(=O)O)C[C@H](c3ccc(CO)cc3)O2)cc1. The fraction of sp³-hybridized carbons (Fsp3) is 0.219. The minimum atomic E-state index is -1.03. The summed E-state index contributed by atoms with van der Waals surface area (Å²) in [6.45, 7) is 0.374. The smallest absolute Gasteiger partial charge is 0.338 e. The van der Waals surface area contributed by atoms with E-state index in [0.717, 1.165) is 22.3 Å². The lowest BCUT2D eigenvalue weighted by molar-refractivity contribution is -0.245. The molecule has 1 saturated heterocycles. The summed E-state index contributed by atoms with van der Waals surface area (Å²) in [4.78, 5) is 28.3. The number of thioether (sulfide) groups is 1. The Hall–Kier alpha value is -4.22. The molecule has 3 aromatic carbocycles. The van der Waals surface area contributed by atoms with E-state index in [9.17, 15) is 19.8 Å². The molecule has 0 spiro atoms. The molecule has 0 radical (unpaired) electrons. The van der Waals surface area contributed by atoms with Gasteiger partial charge in [0.25, 0.3) is 0 Å². The van der Waals surface area contributed by atoms with Gasteiger partial charge in [0.05, 0.1) is 24.4 Å². The van der Waals surface area contributed by atoms with Crippen LogP contribution < -0.4 is 10.6 Å². The van der Waals surface area contributed by atoms with Crippen molar-refractivity contribution in [3.05, 3.63) is 125 Å². The molecule has 2 amide bonds. The Balaban J connectivity index is 1.27. The van der Waals surface area contributed by atoms with Gasteiger partial charge in [0.1, 0.15) is 5.03 Å². The van der Waals surface area contributed by atoms with Crippen LogP contribution in [-0.4, -0.2) is 39.1 Å². The standard InChI is InChI=1S/C32H31N3O6S/c36-19-22-8-10-23(11-9-22)28-17-26(20-42-29-27(30(37)38)7-4-16-33-29)40-31(41-28)24-12-14-25(15-13-24)35-32(39)34-18-21-5-2-1-3-6-21/h1-16,26,28,31,36H,17-20H2,(H,37,38)(H2,34,35,39)/t26-,28+,31+/m0/s1. The summed E-state index contributed by atoms with van der Waals surface area (Å²) in [5.41, 5.74) is 4.32. The lowest BCUT2D eigenvalue weighted by Crippen LogP contribution is -2.31. The van der Waals surface area contributed by atoms with Crippen molar-refractivity contribution in [2.24, 2.45) is 0 Å². The normalized spacial score (nSPS) is 18.3. The van der Waals surface area contributed by atoms with E-state index in [1.165, 1.54) is 17.8 Å². The number of carboxylic acid groups (broad SMARTS) is 1. The third kappa shape index (κ3) is 7.74. The third-order valence-corrected chi connectivity index (χ3v) is 7.90. The lowest BCUT2D eigenvalue weighted by atomic mass is 10.0. The second kappa shape index (κ2) is 14.1. The Morgan fingerprint density at radius 1 is 0.881 bits per heavy atom. The molecule has 4 aromatic rings. The van der Waals surface area contributed by atoms with Gasteiger partial charge in [-0.1, -0.05) is 66.7 Å². The average molecular weight is 586 g/mol. The molecule has 9 nitrogen and oxygen atoms in total. The van der Waals surface area contributed by atoms with Gasteiger partial charge in [-0.3, -0.25) is 0 Å². The van der Waals surface area contributed by atoms with Gasteiger partial charge in [0.2, 0.25) is 0 Å². The van der Waals surface area contributed by atoms with Gasteiger partial charge in [-0.15, -0.1) is 11.8 Å². The van der Waals surface area contributed by atoms with E-state index >= 15 is 0 Å². The molecule has 10 heteroatoms. The first-order valence-electron chi connectivity index (χ1n) is 13.5. The number of nitrogens with one attached hydrogen (secondary N) is 2. The number of hydrogen-bond acceptors (Lipinski definition) is 7. The van der Waals surface area contributed by atoms with Gasteiger partial charge in [-0.05, 0) is 41.0 Å².